The number of hydrogen-bond donors (Lipinski definition) is 1. The molecule has 1 atom stereocenters. The molecule has 0 bridgehead atoms. The number of aliphatic imine (C=N–C) groups is 1. The molecule has 0 radical (unpaired) electrons. The van der Waals surface area contributed by atoms with Crippen LogP contribution in [0.5, 0.6) is 0 Å². The number of likely N-dealkylation sites (tertiary alicyclic amines) is 1. The number of nitrogens with zero attached hydrogens (tertiary/aromatic N) is 3. The van der Waals surface area contributed by atoms with Gasteiger partial charge in [-0.05, 0) is 38.8 Å². The Morgan fingerprint density at radius 3 is 2.59 bits per heavy atom. The largest absolute Gasteiger partial charge is 0.469 e. The standard InChI is InChI=1S/C21H34N4O2/c1-17(24(3)16-18-8-6-5-7-9-18)10-13-23-21(22-2)25-14-11-19(12-15-25)20(26)27-4/h5-9,17,19H,10-16H2,1-4H3,(H,22,23). The second-order valence-corrected chi connectivity index (χ2v) is 7.30. The molecule has 0 aromatic heterocycles. The summed E-state index contributed by atoms with van der Waals surface area (Å²) in [7, 11) is 5.45. The number of hydrogen-bond acceptors (Lipinski definition) is 4. The second kappa shape index (κ2) is 10.9. The Morgan fingerprint density at radius 1 is 1.33 bits per heavy atom. The van der Waals surface area contributed by atoms with Gasteiger partial charge >= 0.3 is 5.97 Å². The fraction of sp³-hybridized carbons (Fsp3) is 0.619. The Kier molecular flexibility index (Phi) is 8.58. The fourth-order valence-electron chi connectivity index (χ4n) is 3.47. The van der Waals surface area contributed by atoms with Crippen LogP contribution in [0.25, 0.3) is 0 Å². The number of ether oxygens (including phenoxy) is 1. The molecule has 0 aliphatic carbocycles. The molecule has 27 heavy (non-hydrogen) atoms. The van der Waals surface area contributed by atoms with E-state index in [-0.39, 0.29) is 11.9 Å². The minimum atomic E-state index is -0.0899. The lowest BCUT2D eigenvalue weighted by Gasteiger charge is -2.33. The number of esters is 1. The van der Waals surface area contributed by atoms with Crippen molar-refractivity contribution < 1.29 is 9.53 Å². The first-order valence-corrected chi connectivity index (χ1v) is 9.82. The second-order valence-electron chi connectivity index (χ2n) is 7.30. The smallest absolute Gasteiger partial charge is 0.308 e. The van der Waals surface area contributed by atoms with Gasteiger partial charge in [-0.2, -0.15) is 0 Å². The van der Waals surface area contributed by atoms with Crippen LogP contribution in [0.2, 0.25) is 0 Å². The predicted octanol–water partition coefficient (Wildman–Crippen LogP) is 2.36. The van der Waals surface area contributed by atoms with Gasteiger partial charge in [0.15, 0.2) is 5.96 Å². The first-order valence-electron chi connectivity index (χ1n) is 9.82. The zero-order valence-electron chi connectivity index (χ0n) is 17.1. The lowest BCUT2D eigenvalue weighted by molar-refractivity contribution is -0.146. The predicted molar refractivity (Wildman–Crippen MR) is 110 cm³/mol. The molecule has 1 heterocycles. The number of guanidine groups is 1. The maximum Gasteiger partial charge on any atom is 0.308 e. The average molecular weight is 375 g/mol. The summed E-state index contributed by atoms with van der Waals surface area (Å²) in [4.78, 5) is 20.7. The number of rotatable bonds is 7. The fourth-order valence-corrected chi connectivity index (χ4v) is 3.47. The van der Waals surface area contributed by atoms with Crippen molar-refractivity contribution in [3.63, 3.8) is 0 Å². The zero-order chi connectivity index (χ0) is 19.6. The number of carbonyl (C=O) groups is 1. The van der Waals surface area contributed by atoms with E-state index in [0.717, 1.165) is 51.4 Å². The van der Waals surface area contributed by atoms with Crippen LogP contribution in [-0.4, -0.2) is 68.6 Å². The van der Waals surface area contributed by atoms with Crippen LogP contribution in [-0.2, 0) is 16.1 Å². The van der Waals surface area contributed by atoms with Gasteiger partial charge in [0.25, 0.3) is 0 Å². The molecule has 6 nitrogen and oxygen atoms in total. The van der Waals surface area contributed by atoms with Crippen molar-refractivity contribution in [3.8, 4) is 0 Å². The molecule has 0 saturated carbocycles. The minimum absolute atomic E-state index is 0.0241. The van der Waals surface area contributed by atoms with E-state index in [1.165, 1.54) is 12.7 Å². The van der Waals surface area contributed by atoms with Crippen molar-refractivity contribution in [1.29, 1.82) is 0 Å². The Hall–Kier alpha value is -2.08. The van der Waals surface area contributed by atoms with Crippen molar-refractivity contribution in [2.45, 2.75) is 38.8 Å². The Labute approximate surface area is 163 Å². The van der Waals surface area contributed by atoms with Gasteiger partial charge in [-0.25, -0.2) is 0 Å². The van der Waals surface area contributed by atoms with Gasteiger partial charge in [0, 0.05) is 39.3 Å². The summed E-state index contributed by atoms with van der Waals surface area (Å²) in [5.74, 6) is 0.861. The molecule has 1 aliphatic rings. The van der Waals surface area contributed by atoms with E-state index in [2.05, 4.69) is 64.4 Å². The van der Waals surface area contributed by atoms with Crippen LogP contribution in [0.15, 0.2) is 35.3 Å². The van der Waals surface area contributed by atoms with Crippen molar-refractivity contribution in [2.75, 3.05) is 40.8 Å². The third kappa shape index (κ3) is 6.54. The van der Waals surface area contributed by atoms with Crippen molar-refractivity contribution >= 4 is 11.9 Å². The van der Waals surface area contributed by atoms with Crippen molar-refractivity contribution in [1.82, 2.24) is 15.1 Å². The van der Waals surface area contributed by atoms with Crippen LogP contribution < -0.4 is 5.32 Å². The third-order valence-electron chi connectivity index (χ3n) is 5.41. The van der Waals surface area contributed by atoms with E-state index in [1.54, 1.807) is 0 Å². The maximum absolute atomic E-state index is 11.7. The van der Waals surface area contributed by atoms with Gasteiger partial charge in [-0.15, -0.1) is 0 Å². The number of carbonyl (C=O) groups excluding carboxylic acids is 1. The van der Waals surface area contributed by atoms with Crippen LogP contribution in [0.4, 0.5) is 0 Å². The minimum Gasteiger partial charge on any atom is -0.469 e. The summed E-state index contributed by atoms with van der Waals surface area (Å²) in [5.41, 5.74) is 1.34. The number of methoxy groups -OCH3 is 1. The van der Waals surface area contributed by atoms with Gasteiger partial charge in [-0.1, -0.05) is 30.3 Å². The molecular formula is C21H34N4O2. The maximum atomic E-state index is 11.7. The van der Waals surface area contributed by atoms with E-state index < -0.39 is 0 Å². The first kappa shape index (κ1) is 21.2. The Balaban J connectivity index is 1.72. The lowest BCUT2D eigenvalue weighted by atomic mass is 9.97. The van der Waals surface area contributed by atoms with Gasteiger partial charge < -0.3 is 15.0 Å². The van der Waals surface area contributed by atoms with Crippen LogP contribution >= 0.6 is 0 Å². The van der Waals surface area contributed by atoms with Gasteiger partial charge in [0.05, 0.1) is 13.0 Å². The monoisotopic (exact) mass is 374 g/mol. The summed E-state index contributed by atoms with van der Waals surface area (Å²) in [6.45, 7) is 5.77. The Bertz CT molecular complexity index is 597. The van der Waals surface area contributed by atoms with Crippen LogP contribution in [0.3, 0.4) is 0 Å². The third-order valence-corrected chi connectivity index (χ3v) is 5.41. The van der Waals surface area contributed by atoms with Crippen LogP contribution in [0.1, 0.15) is 31.7 Å². The molecule has 1 fully saturated rings. The summed E-state index contributed by atoms with van der Waals surface area (Å²) in [6, 6.07) is 11.0. The highest BCUT2D eigenvalue weighted by atomic mass is 16.5. The van der Waals surface area contributed by atoms with Crippen molar-refractivity contribution in [3.05, 3.63) is 35.9 Å². The molecular weight excluding hydrogens is 340 g/mol. The highest BCUT2D eigenvalue weighted by Gasteiger charge is 2.26. The van der Waals surface area contributed by atoms with E-state index >= 15 is 0 Å². The van der Waals surface area contributed by atoms with E-state index in [9.17, 15) is 4.79 Å². The summed E-state index contributed by atoms with van der Waals surface area (Å²) >= 11 is 0. The molecule has 1 unspecified atom stereocenters. The van der Waals surface area contributed by atoms with Gasteiger partial charge in [0.1, 0.15) is 0 Å². The number of piperidine rings is 1. The van der Waals surface area contributed by atoms with Crippen LogP contribution in [0, 0.1) is 5.92 Å². The topological polar surface area (TPSA) is 57.2 Å². The summed E-state index contributed by atoms with van der Waals surface area (Å²) in [5, 5.41) is 3.48. The molecule has 6 heteroatoms. The molecule has 1 N–H and O–H groups in total. The summed E-state index contributed by atoms with van der Waals surface area (Å²) < 4.78 is 4.86. The highest BCUT2D eigenvalue weighted by molar-refractivity contribution is 5.80. The van der Waals surface area contributed by atoms with Gasteiger partial charge in [-0.3, -0.25) is 14.7 Å². The van der Waals surface area contributed by atoms with E-state index in [1.807, 2.05) is 7.05 Å². The normalized spacial score (nSPS) is 17.1. The molecule has 1 saturated heterocycles. The number of benzene rings is 1. The average Bonchev–Trinajstić information content (AvgIpc) is 2.71. The van der Waals surface area contributed by atoms with Gasteiger partial charge in [0.2, 0.25) is 0 Å². The van der Waals surface area contributed by atoms with E-state index in [4.69, 9.17) is 4.74 Å². The molecule has 1 aromatic carbocycles. The molecule has 1 aliphatic heterocycles. The summed E-state index contributed by atoms with van der Waals surface area (Å²) in [6.07, 6.45) is 2.69. The molecule has 0 amide bonds. The zero-order valence-corrected chi connectivity index (χ0v) is 17.1. The number of nitrogens with one attached hydrogen (secondary N) is 1. The van der Waals surface area contributed by atoms with Crippen molar-refractivity contribution in [2.24, 2.45) is 10.9 Å². The first-order chi connectivity index (χ1) is 13.0. The molecule has 150 valence electrons. The molecule has 2 rings (SSSR count). The molecule has 1 aromatic rings. The highest BCUT2D eigenvalue weighted by Crippen LogP contribution is 2.18. The Morgan fingerprint density at radius 2 is 2.00 bits per heavy atom. The lowest BCUT2D eigenvalue weighted by Crippen LogP contribution is -2.47. The SMILES string of the molecule is CN=C(NCCC(C)N(C)Cc1ccccc1)N1CCC(C(=O)OC)CC1. The quantitative estimate of drug-likeness (QED) is 0.451. The van der Waals surface area contributed by atoms with E-state index in [0.29, 0.717) is 6.04 Å². The molecule has 0 spiro atoms.